The molecule has 1 fully saturated rings. The van der Waals surface area contributed by atoms with Crippen molar-refractivity contribution in [2.24, 2.45) is 0 Å². The fourth-order valence-corrected chi connectivity index (χ4v) is 3.28. The van der Waals surface area contributed by atoms with E-state index in [-0.39, 0.29) is 11.8 Å². The normalized spacial score (nSPS) is 14.9. The van der Waals surface area contributed by atoms with Crippen molar-refractivity contribution in [3.63, 3.8) is 0 Å². The molecule has 0 aliphatic carbocycles. The molecule has 0 unspecified atom stereocenters. The van der Waals surface area contributed by atoms with Gasteiger partial charge in [0.2, 0.25) is 5.95 Å². The number of hydrogen-bond acceptors (Lipinski definition) is 7. The summed E-state index contributed by atoms with van der Waals surface area (Å²) >= 11 is 0. The van der Waals surface area contributed by atoms with Crippen LogP contribution in [0.4, 0.5) is 11.8 Å². The second-order valence-electron chi connectivity index (χ2n) is 6.57. The van der Waals surface area contributed by atoms with E-state index in [1.54, 1.807) is 4.57 Å². The van der Waals surface area contributed by atoms with Gasteiger partial charge >= 0.3 is 0 Å². The molecular formula is C19H22N8. The van der Waals surface area contributed by atoms with Crippen LogP contribution in [-0.2, 0) is 0 Å². The van der Waals surface area contributed by atoms with Crippen LogP contribution >= 0.6 is 0 Å². The third-order valence-corrected chi connectivity index (χ3v) is 4.68. The van der Waals surface area contributed by atoms with Gasteiger partial charge in [0.15, 0.2) is 17.3 Å². The predicted molar refractivity (Wildman–Crippen MR) is 106 cm³/mol. The predicted octanol–water partition coefficient (Wildman–Crippen LogP) is 0.497. The molecule has 0 spiro atoms. The highest BCUT2D eigenvalue weighted by atomic mass is 15.2. The Morgan fingerprint density at radius 1 is 1.19 bits per heavy atom. The minimum atomic E-state index is 0.279. The van der Waals surface area contributed by atoms with Crippen LogP contribution in [0.15, 0.2) is 24.5 Å². The van der Waals surface area contributed by atoms with Gasteiger partial charge in [-0.3, -0.25) is 9.47 Å². The lowest BCUT2D eigenvalue weighted by atomic mass is 10.1. The molecule has 0 radical (unpaired) electrons. The van der Waals surface area contributed by atoms with E-state index in [9.17, 15) is 0 Å². The van der Waals surface area contributed by atoms with E-state index in [2.05, 4.69) is 37.0 Å². The molecule has 0 saturated carbocycles. The Labute approximate surface area is 158 Å². The number of aromatic nitrogens is 4. The van der Waals surface area contributed by atoms with Gasteiger partial charge in [-0.2, -0.15) is 4.98 Å². The Morgan fingerprint density at radius 2 is 2.00 bits per heavy atom. The highest BCUT2D eigenvalue weighted by Gasteiger charge is 2.20. The second-order valence-corrected chi connectivity index (χ2v) is 6.57. The first-order valence-electron chi connectivity index (χ1n) is 8.91. The fraction of sp³-hybridized carbons (Fsp3) is 0.316. The first-order chi connectivity index (χ1) is 13.1. The zero-order valence-corrected chi connectivity index (χ0v) is 15.2. The molecule has 3 heterocycles. The van der Waals surface area contributed by atoms with Gasteiger partial charge in [0.05, 0.1) is 12.2 Å². The molecule has 0 atom stereocenters. The van der Waals surface area contributed by atoms with Crippen molar-refractivity contribution >= 4 is 11.8 Å². The van der Waals surface area contributed by atoms with Crippen LogP contribution in [0, 0.1) is 18.8 Å². The maximum Gasteiger partial charge on any atom is 0.208 e. The number of benzene rings is 1. The van der Waals surface area contributed by atoms with E-state index >= 15 is 0 Å². The van der Waals surface area contributed by atoms with Crippen LogP contribution in [-0.4, -0.2) is 57.1 Å². The van der Waals surface area contributed by atoms with Crippen molar-refractivity contribution in [2.45, 2.75) is 6.92 Å². The molecule has 8 heteroatoms. The van der Waals surface area contributed by atoms with Crippen molar-refractivity contribution in [1.29, 1.82) is 0 Å². The number of aryl methyl sites for hydroxylation is 1. The summed E-state index contributed by atoms with van der Waals surface area (Å²) in [6.07, 6.45) is 1.46. The molecule has 138 valence electrons. The molecule has 0 amide bonds. The van der Waals surface area contributed by atoms with Crippen LogP contribution in [0.5, 0.6) is 0 Å². The third kappa shape index (κ3) is 3.43. The van der Waals surface area contributed by atoms with Gasteiger partial charge in [-0.25, -0.2) is 9.97 Å². The molecule has 5 N–H and O–H groups in total. The Kier molecular flexibility index (Phi) is 4.62. The first-order valence-corrected chi connectivity index (χ1v) is 8.91. The topological polar surface area (TPSA) is 111 Å². The Bertz CT molecular complexity index is 991. The van der Waals surface area contributed by atoms with Crippen molar-refractivity contribution in [3.8, 4) is 29.0 Å². The summed E-state index contributed by atoms with van der Waals surface area (Å²) in [5, 5.41) is 3.35. The van der Waals surface area contributed by atoms with E-state index in [4.69, 9.17) is 11.5 Å². The number of fused-ring (bicyclic) bond motifs is 1. The van der Waals surface area contributed by atoms with E-state index in [0.29, 0.717) is 11.5 Å². The average Bonchev–Trinajstić information content (AvgIpc) is 3.14. The number of anilines is 2. The van der Waals surface area contributed by atoms with Gasteiger partial charge in [0.25, 0.3) is 0 Å². The maximum atomic E-state index is 6.11. The largest absolute Gasteiger partial charge is 0.382 e. The summed E-state index contributed by atoms with van der Waals surface area (Å²) in [4.78, 5) is 15.0. The van der Waals surface area contributed by atoms with Gasteiger partial charge in [-0.1, -0.05) is 11.8 Å². The van der Waals surface area contributed by atoms with Gasteiger partial charge < -0.3 is 16.8 Å². The summed E-state index contributed by atoms with van der Waals surface area (Å²) in [5.74, 6) is 7.68. The minimum Gasteiger partial charge on any atom is -0.382 e. The molecule has 1 aromatic carbocycles. The lowest BCUT2D eigenvalue weighted by molar-refractivity contribution is 0.268. The van der Waals surface area contributed by atoms with E-state index < -0.39 is 0 Å². The van der Waals surface area contributed by atoms with Crippen molar-refractivity contribution < 1.29 is 0 Å². The average molecular weight is 362 g/mol. The Hall–Kier alpha value is -3.15. The highest BCUT2D eigenvalue weighted by molar-refractivity contribution is 5.70. The van der Waals surface area contributed by atoms with Crippen LogP contribution in [0.2, 0.25) is 0 Å². The quantitative estimate of drug-likeness (QED) is 0.569. The SMILES string of the molecule is Cc1cc(C#CCN2CCNCC2)ccc1-n1c(N)nc(N)c2ncnc1-2. The van der Waals surface area contributed by atoms with Gasteiger partial charge in [-0.15, -0.1) is 0 Å². The molecule has 4 rings (SSSR count). The lowest BCUT2D eigenvalue weighted by Gasteiger charge is -2.24. The number of nitrogens with one attached hydrogen (secondary N) is 1. The van der Waals surface area contributed by atoms with Gasteiger partial charge in [0.1, 0.15) is 6.33 Å². The monoisotopic (exact) mass is 362 g/mol. The fourth-order valence-electron chi connectivity index (χ4n) is 3.28. The number of nitrogens with zero attached hydrogens (tertiary/aromatic N) is 5. The zero-order valence-electron chi connectivity index (χ0n) is 15.2. The minimum absolute atomic E-state index is 0.279. The van der Waals surface area contributed by atoms with Crippen LogP contribution in [0.3, 0.4) is 0 Å². The molecule has 8 nitrogen and oxygen atoms in total. The number of rotatable bonds is 2. The smallest absolute Gasteiger partial charge is 0.208 e. The number of hydrogen-bond donors (Lipinski definition) is 3. The number of nitrogen functional groups attached to an aromatic ring is 2. The molecule has 1 saturated heterocycles. The second kappa shape index (κ2) is 7.23. The van der Waals surface area contributed by atoms with Gasteiger partial charge in [-0.05, 0) is 30.7 Å². The van der Waals surface area contributed by atoms with Crippen LogP contribution < -0.4 is 16.8 Å². The Morgan fingerprint density at radius 3 is 2.78 bits per heavy atom. The molecular weight excluding hydrogens is 340 g/mol. The first kappa shape index (κ1) is 17.3. The molecule has 0 aromatic heterocycles. The number of imidazole rings is 1. The molecule has 3 aliphatic heterocycles. The van der Waals surface area contributed by atoms with E-state index in [0.717, 1.165) is 49.5 Å². The number of piperazine rings is 1. The third-order valence-electron chi connectivity index (χ3n) is 4.68. The summed E-state index contributed by atoms with van der Waals surface area (Å²) in [6.45, 7) is 6.95. The van der Waals surface area contributed by atoms with Crippen molar-refractivity contribution in [3.05, 3.63) is 35.7 Å². The standard InChI is InChI=1S/C19H22N8/c1-13-11-14(3-2-8-26-9-6-22-7-10-26)4-5-15(13)27-18-16(23-12-24-18)17(20)25-19(27)21/h4-5,11-12,22H,6-10,20H2,1H3,(H2,21,25). The number of nitrogens with two attached hydrogens (primary N) is 2. The van der Waals surface area contributed by atoms with Crippen molar-refractivity contribution in [2.75, 3.05) is 44.2 Å². The summed E-state index contributed by atoms with van der Waals surface area (Å²) < 4.78 is 1.77. The van der Waals surface area contributed by atoms with Gasteiger partial charge in [0, 0.05) is 31.7 Å². The molecule has 1 aromatic rings. The molecule has 3 aliphatic rings. The van der Waals surface area contributed by atoms with Crippen LogP contribution in [0.25, 0.3) is 17.2 Å². The molecule has 0 bridgehead atoms. The van der Waals surface area contributed by atoms with Crippen molar-refractivity contribution in [1.82, 2.24) is 29.7 Å². The van der Waals surface area contributed by atoms with E-state index in [1.165, 1.54) is 6.33 Å². The molecule has 27 heavy (non-hydrogen) atoms. The zero-order chi connectivity index (χ0) is 18.8. The summed E-state index contributed by atoms with van der Waals surface area (Å²) in [5.41, 5.74) is 15.4. The van der Waals surface area contributed by atoms with Crippen LogP contribution in [0.1, 0.15) is 11.1 Å². The maximum absolute atomic E-state index is 6.11. The van der Waals surface area contributed by atoms with E-state index in [1.807, 2.05) is 25.1 Å². The summed E-state index contributed by atoms with van der Waals surface area (Å²) in [7, 11) is 0. The highest BCUT2D eigenvalue weighted by Crippen LogP contribution is 2.29. The lowest BCUT2D eigenvalue weighted by Crippen LogP contribution is -2.43. The Balaban J connectivity index is 1.61. The summed E-state index contributed by atoms with van der Waals surface area (Å²) in [6, 6.07) is 6.01.